The Hall–Kier alpha value is -0.280. The highest BCUT2D eigenvalue weighted by molar-refractivity contribution is 5.85. The maximum absolute atomic E-state index is 12.1. The normalized spacial score (nSPS) is 22.3. The second kappa shape index (κ2) is 8.76. The molecule has 108 valence electrons. The Morgan fingerprint density at radius 1 is 1.33 bits per heavy atom. The van der Waals surface area contributed by atoms with Crippen LogP contribution in [0.25, 0.3) is 0 Å². The van der Waals surface area contributed by atoms with Crippen LogP contribution in [0.5, 0.6) is 0 Å². The van der Waals surface area contributed by atoms with Crippen LogP contribution in [0.3, 0.4) is 0 Å². The lowest BCUT2D eigenvalue weighted by Crippen LogP contribution is -2.44. The second-order valence-electron chi connectivity index (χ2n) is 5.66. The van der Waals surface area contributed by atoms with E-state index < -0.39 is 0 Å². The summed E-state index contributed by atoms with van der Waals surface area (Å²) in [4.78, 5) is 14.1. The molecule has 2 atom stereocenters. The van der Waals surface area contributed by atoms with E-state index in [9.17, 15) is 4.79 Å². The van der Waals surface area contributed by atoms with Gasteiger partial charge in [0, 0.05) is 13.1 Å². The molecule has 0 bridgehead atoms. The number of hydrogen-bond acceptors (Lipinski definition) is 2. The van der Waals surface area contributed by atoms with Gasteiger partial charge >= 0.3 is 0 Å². The summed E-state index contributed by atoms with van der Waals surface area (Å²) in [7, 11) is 0. The van der Waals surface area contributed by atoms with E-state index in [0.29, 0.717) is 0 Å². The fourth-order valence-electron chi connectivity index (χ4n) is 2.68. The van der Waals surface area contributed by atoms with Gasteiger partial charge in [0.15, 0.2) is 0 Å². The number of nitrogens with two attached hydrogens (primary N) is 1. The molecule has 1 rings (SSSR count). The highest BCUT2D eigenvalue weighted by Gasteiger charge is 2.24. The fourth-order valence-corrected chi connectivity index (χ4v) is 2.68. The molecule has 0 aromatic carbocycles. The van der Waals surface area contributed by atoms with Gasteiger partial charge in [-0.1, -0.05) is 27.2 Å². The SMILES string of the molecule is CCCC(N)C(=O)N1CCCC(C(C)C)CC1.Cl. The first-order valence-electron chi connectivity index (χ1n) is 7.10. The average Bonchev–Trinajstić information content (AvgIpc) is 2.53. The molecule has 0 radical (unpaired) electrons. The van der Waals surface area contributed by atoms with Crippen molar-refractivity contribution >= 4 is 18.3 Å². The monoisotopic (exact) mass is 276 g/mol. The first-order chi connectivity index (χ1) is 8.06. The van der Waals surface area contributed by atoms with E-state index in [-0.39, 0.29) is 24.4 Å². The lowest BCUT2D eigenvalue weighted by Gasteiger charge is -2.24. The Morgan fingerprint density at radius 2 is 2.00 bits per heavy atom. The number of amides is 1. The Morgan fingerprint density at radius 3 is 2.56 bits per heavy atom. The summed E-state index contributed by atoms with van der Waals surface area (Å²) in [5.41, 5.74) is 5.91. The molecule has 2 N–H and O–H groups in total. The van der Waals surface area contributed by atoms with Gasteiger partial charge in [-0.2, -0.15) is 0 Å². The van der Waals surface area contributed by atoms with E-state index in [1.54, 1.807) is 0 Å². The third-order valence-corrected chi connectivity index (χ3v) is 3.94. The maximum Gasteiger partial charge on any atom is 0.239 e. The number of nitrogens with zero attached hydrogens (tertiary/aromatic N) is 1. The number of carbonyl (C=O) groups is 1. The summed E-state index contributed by atoms with van der Waals surface area (Å²) in [6.45, 7) is 8.44. The van der Waals surface area contributed by atoms with Crippen LogP contribution in [0.15, 0.2) is 0 Å². The van der Waals surface area contributed by atoms with E-state index in [4.69, 9.17) is 5.73 Å². The zero-order valence-electron chi connectivity index (χ0n) is 12.0. The van der Waals surface area contributed by atoms with Gasteiger partial charge in [-0.15, -0.1) is 12.4 Å². The van der Waals surface area contributed by atoms with Crippen molar-refractivity contribution in [1.82, 2.24) is 4.90 Å². The lowest BCUT2D eigenvalue weighted by atomic mass is 9.89. The molecular formula is C14H29ClN2O. The molecule has 2 unspecified atom stereocenters. The zero-order chi connectivity index (χ0) is 12.8. The van der Waals surface area contributed by atoms with E-state index in [1.165, 1.54) is 6.42 Å². The fraction of sp³-hybridized carbons (Fsp3) is 0.929. The van der Waals surface area contributed by atoms with Crippen molar-refractivity contribution in [3.05, 3.63) is 0 Å². The van der Waals surface area contributed by atoms with Crippen LogP contribution < -0.4 is 5.73 Å². The highest BCUT2D eigenvalue weighted by atomic mass is 35.5. The molecule has 0 aromatic rings. The van der Waals surface area contributed by atoms with Crippen LogP contribution >= 0.6 is 12.4 Å². The predicted molar refractivity (Wildman–Crippen MR) is 78.9 cm³/mol. The molecule has 4 heteroatoms. The maximum atomic E-state index is 12.1. The summed E-state index contributed by atoms with van der Waals surface area (Å²) in [5.74, 6) is 1.67. The Bertz CT molecular complexity index is 246. The number of halogens is 1. The standard InChI is InChI=1S/C14H28N2O.ClH/c1-4-6-13(15)14(17)16-9-5-7-12(8-10-16)11(2)3;/h11-13H,4-10,15H2,1-3H3;1H. The zero-order valence-corrected chi connectivity index (χ0v) is 12.8. The Labute approximate surface area is 118 Å². The summed E-state index contributed by atoms with van der Waals surface area (Å²) in [6, 6.07) is -0.282. The van der Waals surface area contributed by atoms with Crippen molar-refractivity contribution < 1.29 is 4.79 Å². The number of likely N-dealkylation sites (tertiary alicyclic amines) is 1. The van der Waals surface area contributed by atoms with Crippen LogP contribution in [0.2, 0.25) is 0 Å². The van der Waals surface area contributed by atoms with Gasteiger partial charge in [-0.3, -0.25) is 4.79 Å². The minimum atomic E-state index is -0.282. The topological polar surface area (TPSA) is 46.3 Å². The van der Waals surface area contributed by atoms with Crippen molar-refractivity contribution in [1.29, 1.82) is 0 Å². The minimum absolute atomic E-state index is 0. The molecule has 0 saturated carbocycles. The van der Waals surface area contributed by atoms with E-state index in [2.05, 4.69) is 20.8 Å². The molecule has 1 heterocycles. The largest absolute Gasteiger partial charge is 0.341 e. The molecule has 3 nitrogen and oxygen atoms in total. The Balaban J connectivity index is 0.00000289. The minimum Gasteiger partial charge on any atom is -0.341 e. The molecule has 1 saturated heterocycles. The summed E-state index contributed by atoms with van der Waals surface area (Å²) >= 11 is 0. The van der Waals surface area contributed by atoms with Gasteiger partial charge in [0.05, 0.1) is 6.04 Å². The van der Waals surface area contributed by atoms with Gasteiger partial charge in [-0.25, -0.2) is 0 Å². The summed E-state index contributed by atoms with van der Waals surface area (Å²) in [5, 5.41) is 0. The van der Waals surface area contributed by atoms with Gasteiger partial charge < -0.3 is 10.6 Å². The number of carbonyl (C=O) groups excluding carboxylic acids is 1. The van der Waals surface area contributed by atoms with E-state index >= 15 is 0 Å². The van der Waals surface area contributed by atoms with Gasteiger partial charge in [0.1, 0.15) is 0 Å². The quantitative estimate of drug-likeness (QED) is 0.858. The number of rotatable bonds is 4. The van der Waals surface area contributed by atoms with Crippen molar-refractivity contribution in [3.8, 4) is 0 Å². The van der Waals surface area contributed by atoms with E-state index in [1.807, 2.05) is 4.90 Å². The second-order valence-corrected chi connectivity index (χ2v) is 5.66. The van der Waals surface area contributed by atoms with E-state index in [0.717, 1.165) is 50.6 Å². The van der Waals surface area contributed by atoms with Crippen LogP contribution in [0, 0.1) is 11.8 Å². The summed E-state index contributed by atoms with van der Waals surface area (Å²) in [6.07, 6.45) is 5.32. The van der Waals surface area contributed by atoms with Crippen molar-refractivity contribution in [2.24, 2.45) is 17.6 Å². The van der Waals surface area contributed by atoms with Crippen molar-refractivity contribution in [2.75, 3.05) is 13.1 Å². The van der Waals surface area contributed by atoms with Gasteiger partial charge in [0.2, 0.25) is 5.91 Å². The molecule has 18 heavy (non-hydrogen) atoms. The van der Waals surface area contributed by atoms with Gasteiger partial charge in [-0.05, 0) is 37.5 Å². The molecule has 0 spiro atoms. The third-order valence-electron chi connectivity index (χ3n) is 3.94. The molecule has 1 amide bonds. The van der Waals surface area contributed by atoms with Crippen LogP contribution in [0.4, 0.5) is 0 Å². The molecule has 1 aliphatic heterocycles. The molecular weight excluding hydrogens is 248 g/mol. The smallest absolute Gasteiger partial charge is 0.239 e. The Kier molecular flexibility index (Phi) is 8.62. The highest BCUT2D eigenvalue weighted by Crippen LogP contribution is 2.24. The number of hydrogen-bond donors (Lipinski definition) is 1. The average molecular weight is 277 g/mol. The van der Waals surface area contributed by atoms with Crippen molar-refractivity contribution in [2.45, 2.75) is 58.9 Å². The first-order valence-corrected chi connectivity index (χ1v) is 7.10. The molecule has 1 fully saturated rings. The predicted octanol–water partition coefficient (Wildman–Crippen LogP) is 2.82. The van der Waals surface area contributed by atoms with Crippen LogP contribution in [-0.2, 0) is 4.79 Å². The van der Waals surface area contributed by atoms with Crippen LogP contribution in [-0.4, -0.2) is 29.9 Å². The van der Waals surface area contributed by atoms with Gasteiger partial charge in [0.25, 0.3) is 0 Å². The first kappa shape index (κ1) is 17.7. The third kappa shape index (κ3) is 5.15. The summed E-state index contributed by atoms with van der Waals surface area (Å²) < 4.78 is 0. The van der Waals surface area contributed by atoms with Crippen molar-refractivity contribution in [3.63, 3.8) is 0 Å². The molecule has 0 aliphatic carbocycles. The molecule has 0 aromatic heterocycles. The van der Waals surface area contributed by atoms with Crippen LogP contribution in [0.1, 0.15) is 52.9 Å². The molecule has 1 aliphatic rings. The lowest BCUT2D eigenvalue weighted by molar-refractivity contribution is -0.132.